The molecule has 30 heavy (non-hydrogen) atoms. The summed E-state index contributed by atoms with van der Waals surface area (Å²) < 4.78 is 30.6. The monoisotopic (exact) mass is 437 g/mol. The van der Waals surface area contributed by atoms with E-state index in [1.54, 1.807) is 19.1 Å². The number of benzene rings is 1. The van der Waals surface area contributed by atoms with E-state index in [9.17, 15) is 18.0 Å². The van der Waals surface area contributed by atoms with Gasteiger partial charge in [-0.2, -0.15) is 0 Å². The number of nitrogens with zero attached hydrogens (tertiary/aromatic N) is 2. The van der Waals surface area contributed by atoms with Crippen molar-refractivity contribution in [3.05, 3.63) is 30.0 Å². The predicted octanol–water partition coefficient (Wildman–Crippen LogP) is 0.751. The number of carbonyl (C=O) groups is 2. The summed E-state index contributed by atoms with van der Waals surface area (Å²) in [5, 5.41) is 12.0. The van der Waals surface area contributed by atoms with E-state index in [2.05, 4.69) is 10.2 Å². The maximum Gasteiger partial charge on any atom is 0.277 e. The van der Waals surface area contributed by atoms with Crippen molar-refractivity contribution < 1.29 is 27.9 Å². The Morgan fingerprint density at radius 3 is 2.47 bits per heavy atom. The summed E-state index contributed by atoms with van der Waals surface area (Å²) in [4.78, 5) is 27.8. The largest absolute Gasteiger partial charge is 0.395 e. The first-order valence-corrected chi connectivity index (χ1v) is 11.5. The van der Waals surface area contributed by atoms with Gasteiger partial charge in [0, 0.05) is 19.2 Å². The van der Waals surface area contributed by atoms with Crippen molar-refractivity contribution in [2.75, 3.05) is 42.2 Å². The van der Waals surface area contributed by atoms with Crippen LogP contribution in [0.25, 0.3) is 0 Å². The van der Waals surface area contributed by atoms with Gasteiger partial charge < -0.3 is 20.1 Å². The minimum absolute atomic E-state index is 0.0189. The number of morpholine rings is 1. The molecule has 2 N–H and O–H groups in total. The standard InChI is InChI=1S/C20H27N3O6S/c1-4-30(27,28)15-5-6-18(22-11-13(2)29-14(3)12-22)16(9-15)21-17-10-19(25)23(7-8-24)20(17)26/h5-6,9-10,13-14,21,24H,4,7-8,11-12H2,1-3H3. The molecule has 1 saturated heterocycles. The topological polar surface area (TPSA) is 116 Å². The lowest BCUT2D eigenvalue weighted by molar-refractivity contribution is -0.137. The fourth-order valence-corrected chi connectivity index (χ4v) is 4.59. The van der Waals surface area contributed by atoms with Crippen LogP contribution >= 0.6 is 0 Å². The Labute approximate surface area is 176 Å². The molecule has 0 aromatic heterocycles. The minimum atomic E-state index is -3.47. The van der Waals surface area contributed by atoms with Gasteiger partial charge >= 0.3 is 0 Å². The zero-order valence-electron chi connectivity index (χ0n) is 17.3. The van der Waals surface area contributed by atoms with Crippen LogP contribution < -0.4 is 10.2 Å². The number of aliphatic hydroxyl groups is 1. The summed E-state index contributed by atoms with van der Waals surface area (Å²) in [6.07, 6.45) is 1.12. The van der Waals surface area contributed by atoms with E-state index < -0.39 is 21.7 Å². The molecule has 2 unspecified atom stereocenters. The van der Waals surface area contributed by atoms with Gasteiger partial charge in [0.2, 0.25) is 0 Å². The zero-order valence-corrected chi connectivity index (χ0v) is 18.1. The van der Waals surface area contributed by atoms with E-state index in [1.807, 2.05) is 13.8 Å². The van der Waals surface area contributed by atoms with Crippen LogP contribution in [0.15, 0.2) is 34.9 Å². The van der Waals surface area contributed by atoms with Gasteiger partial charge in [-0.05, 0) is 32.0 Å². The Morgan fingerprint density at radius 1 is 1.20 bits per heavy atom. The van der Waals surface area contributed by atoms with Crippen molar-refractivity contribution in [3.8, 4) is 0 Å². The van der Waals surface area contributed by atoms with Gasteiger partial charge in [0.05, 0.1) is 47.4 Å². The number of nitrogens with one attached hydrogen (secondary N) is 1. The molecule has 9 nitrogen and oxygen atoms in total. The molecule has 0 spiro atoms. The van der Waals surface area contributed by atoms with E-state index >= 15 is 0 Å². The number of ether oxygens (including phenoxy) is 1. The van der Waals surface area contributed by atoms with Crippen molar-refractivity contribution in [2.24, 2.45) is 0 Å². The Balaban J connectivity index is 2.00. The van der Waals surface area contributed by atoms with E-state index in [-0.39, 0.29) is 41.7 Å². The van der Waals surface area contributed by atoms with Crippen molar-refractivity contribution >= 4 is 33.0 Å². The number of β-amino-alcohol motifs (C(OH)–C–C–N with tert-alkyl or cyclic N) is 1. The van der Waals surface area contributed by atoms with Crippen LogP contribution in [0.3, 0.4) is 0 Å². The molecule has 1 aromatic carbocycles. The Morgan fingerprint density at radius 2 is 1.87 bits per heavy atom. The fraction of sp³-hybridized carbons (Fsp3) is 0.500. The van der Waals surface area contributed by atoms with Crippen LogP contribution in [0.2, 0.25) is 0 Å². The number of aliphatic hydroxyl groups excluding tert-OH is 1. The van der Waals surface area contributed by atoms with E-state index in [1.165, 1.54) is 6.07 Å². The van der Waals surface area contributed by atoms with Gasteiger partial charge in [-0.25, -0.2) is 8.42 Å². The molecule has 0 bridgehead atoms. The summed E-state index contributed by atoms with van der Waals surface area (Å²) in [5.41, 5.74) is 1.17. The van der Waals surface area contributed by atoms with Gasteiger partial charge in [0.15, 0.2) is 9.84 Å². The molecular weight excluding hydrogens is 410 g/mol. The van der Waals surface area contributed by atoms with Crippen molar-refractivity contribution in [3.63, 3.8) is 0 Å². The summed E-state index contributed by atoms with van der Waals surface area (Å²) in [6.45, 7) is 6.24. The van der Waals surface area contributed by atoms with Gasteiger partial charge in [0.1, 0.15) is 5.70 Å². The highest BCUT2D eigenvalue weighted by molar-refractivity contribution is 7.91. The van der Waals surface area contributed by atoms with Crippen LogP contribution in [0.5, 0.6) is 0 Å². The molecule has 1 fully saturated rings. The number of rotatable bonds is 7. The number of imide groups is 1. The van der Waals surface area contributed by atoms with Crippen molar-refractivity contribution in [1.29, 1.82) is 0 Å². The Hall–Kier alpha value is -2.43. The highest BCUT2D eigenvalue weighted by Gasteiger charge is 2.32. The molecule has 2 amide bonds. The van der Waals surface area contributed by atoms with Crippen LogP contribution in [0.1, 0.15) is 20.8 Å². The first kappa shape index (κ1) is 22.3. The molecule has 0 saturated carbocycles. The van der Waals surface area contributed by atoms with Gasteiger partial charge in [-0.1, -0.05) is 6.92 Å². The minimum Gasteiger partial charge on any atom is -0.395 e. The van der Waals surface area contributed by atoms with Crippen LogP contribution in [0.4, 0.5) is 11.4 Å². The highest BCUT2D eigenvalue weighted by Crippen LogP contribution is 2.33. The Bertz CT molecular complexity index is 965. The maximum absolute atomic E-state index is 12.6. The van der Waals surface area contributed by atoms with E-state index in [0.29, 0.717) is 24.5 Å². The molecule has 10 heteroatoms. The highest BCUT2D eigenvalue weighted by atomic mass is 32.2. The zero-order chi connectivity index (χ0) is 22.1. The van der Waals surface area contributed by atoms with Crippen LogP contribution in [-0.2, 0) is 24.2 Å². The lowest BCUT2D eigenvalue weighted by atomic mass is 10.1. The molecular formula is C20H27N3O6S. The number of carbonyl (C=O) groups excluding carboxylic acids is 2. The molecule has 2 heterocycles. The average Bonchev–Trinajstić information content (AvgIpc) is 2.95. The molecule has 2 atom stereocenters. The number of sulfone groups is 1. The third-order valence-corrected chi connectivity index (χ3v) is 6.80. The lowest BCUT2D eigenvalue weighted by Crippen LogP contribution is -2.45. The number of anilines is 2. The third-order valence-electron chi connectivity index (χ3n) is 5.07. The van der Waals surface area contributed by atoms with Crippen molar-refractivity contribution in [2.45, 2.75) is 37.9 Å². The normalized spacial score (nSPS) is 22.5. The molecule has 0 aliphatic carbocycles. The Kier molecular flexibility index (Phi) is 6.49. The molecule has 3 rings (SSSR count). The first-order chi connectivity index (χ1) is 14.2. The molecule has 2 aliphatic heterocycles. The molecule has 0 radical (unpaired) electrons. The maximum atomic E-state index is 12.6. The van der Waals surface area contributed by atoms with E-state index in [4.69, 9.17) is 9.84 Å². The molecule has 2 aliphatic rings. The second-order valence-corrected chi connectivity index (χ2v) is 9.72. The second kappa shape index (κ2) is 8.75. The average molecular weight is 438 g/mol. The first-order valence-electron chi connectivity index (χ1n) is 9.89. The number of amides is 2. The summed E-state index contributed by atoms with van der Waals surface area (Å²) >= 11 is 0. The SMILES string of the molecule is CCS(=O)(=O)c1ccc(N2CC(C)OC(C)C2)c(NC2=CC(=O)N(CCO)C2=O)c1. The quantitative estimate of drug-likeness (QED) is 0.601. The van der Waals surface area contributed by atoms with Gasteiger partial charge in [-0.3, -0.25) is 14.5 Å². The lowest BCUT2D eigenvalue weighted by Gasteiger charge is -2.38. The predicted molar refractivity (Wildman–Crippen MR) is 112 cm³/mol. The van der Waals surface area contributed by atoms with Crippen molar-refractivity contribution in [1.82, 2.24) is 4.90 Å². The van der Waals surface area contributed by atoms with Crippen LogP contribution in [-0.4, -0.2) is 74.4 Å². The van der Waals surface area contributed by atoms with Gasteiger partial charge in [0.25, 0.3) is 11.8 Å². The second-order valence-electron chi connectivity index (χ2n) is 7.45. The molecule has 1 aromatic rings. The van der Waals surface area contributed by atoms with E-state index in [0.717, 1.165) is 11.0 Å². The molecule has 164 valence electrons. The summed E-state index contributed by atoms with van der Waals surface area (Å²) in [6, 6.07) is 4.76. The summed E-state index contributed by atoms with van der Waals surface area (Å²) in [5.74, 6) is -1.14. The number of hydrogen-bond acceptors (Lipinski definition) is 8. The van der Waals surface area contributed by atoms with Gasteiger partial charge in [-0.15, -0.1) is 0 Å². The fourth-order valence-electron chi connectivity index (χ4n) is 3.68. The smallest absolute Gasteiger partial charge is 0.277 e. The number of hydrogen-bond donors (Lipinski definition) is 2. The third kappa shape index (κ3) is 4.50. The van der Waals surface area contributed by atoms with Crippen LogP contribution in [0, 0.1) is 0 Å². The summed E-state index contributed by atoms with van der Waals surface area (Å²) in [7, 11) is -3.47.